The third kappa shape index (κ3) is 3.95. The molecule has 0 aliphatic carbocycles. The Balaban J connectivity index is 1.59. The second-order valence-electron chi connectivity index (χ2n) is 6.59. The van der Waals surface area contributed by atoms with Crippen LogP contribution in [0.5, 0.6) is 0 Å². The molecule has 0 bridgehead atoms. The third-order valence-electron chi connectivity index (χ3n) is 4.60. The van der Waals surface area contributed by atoms with Crippen LogP contribution in [-0.4, -0.2) is 16.0 Å². The molecule has 146 valence electrons. The molecule has 2 heterocycles. The van der Waals surface area contributed by atoms with Gasteiger partial charge in [0.2, 0.25) is 5.91 Å². The molecule has 29 heavy (non-hydrogen) atoms. The zero-order valence-electron chi connectivity index (χ0n) is 15.9. The fourth-order valence-corrected chi connectivity index (χ4v) is 3.93. The van der Waals surface area contributed by atoms with Crippen molar-refractivity contribution in [1.29, 1.82) is 0 Å². The first-order valence-electron chi connectivity index (χ1n) is 9.04. The molecule has 5 nitrogen and oxygen atoms in total. The Morgan fingerprint density at radius 2 is 1.83 bits per heavy atom. The maximum absolute atomic E-state index is 14.1. The van der Waals surface area contributed by atoms with Crippen LogP contribution in [0.25, 0.3) is 21.8 Å². The molecule has 2 aromatic heterocycles. The second kappa shape index (κ2) is 7.97. The summed E-state index contributed by atoms with van der Waals surface area (Å²) in [6.07, 6.45) is 0.174. The number of amides is 1. The van der Waals surface area contributed by atoms with Gasteiger partial charge in [0.05, 0.1) is 23.5 Å². The van der Waals surface area contributed by atoms with Gasteiger partial charge in [-0.15, -0.1) is 11.3 Å². The van der Waals surface area contributed by atoms with Gasteiger partial charge in [-0.1, -0.05) is 35.5 Å². The zero-order chi connectivity index (χ0) is 20.4. The van der Waals surface area contributed by atoms with Gasteiger partial charge in [-0.2, -0.15) is 0 Å². The molecule has 0 spiro atoms. The number of aromatic nitrogens is 2. The van der Waals surface area contributed by atoms with Crippen molar-refractivity contribution in [3.05, 3.63) is 76.7 Å². The Morgan fingerprint density at radius 3 is 2.55 bits per heavy atom. The van der Waals surface area contributed by atoms with Crippen LogP contribution in [0.3, 0.4) is 0 Å². The van der Waals surface area contributed by atoms with Gasteiger partial charge in [-0.05, 0) is 32.0 Å². The third-order valence-corrected chi connectivity index (χ3v) is 5.48. The van der Waals surface area contributed by atoms with Gasteiger partial charge in [-0.3, -0.25) is 4.79 Å². The molecule has 1 N–H and O–H groups in total. The minimum atomic E-state index is -0.311. The van der Waals surface area contributed by atoms with Crippen LogP contribution in [-0.2, 0) is 11.2 Å². The first kappa shape index (κ1) is 19.0. The predicted molar refractivity (Wildman–Crippen MR) is 111 cm³/mol. The summed E-state index contributed by atoms with van der Waals surface area (Å²) in [4.78, 5) is 17.2. The van der Waals surface area contributed by atoms with E-state index in [9.17, 15) is 9.18 Å². The summed E-state index contributed by atoms with van der Waals surface area (Å²) in [5.74, 6) is 0.158. The Hall–Kier alpha value is -3.32. The minimum absolute atomic E-state index is 0.170. The van der Waals surface area contributed by atoms with Crippen molar-refractivity contribution in [1.82, 2.24) is 10.1 Å². The predicted octanol–water partition coefficient (Wildman–Crippen LogP) is 5.40. The van der Waals surface area contributed by atoms with Gasteiger partial charge in [-0.25, -0.2) is 9.37 Å². The molecule has 4 rings (SSSR count). The van der Waals surface area contributed by atoms with E-state index in [1.165, 1.54) is 17.4 Å². The molecule has 0 aliphatic heterocycles. The SMILES string of the molecule is Cc1noc(C)c1CC(=O)Nc1ccccc1-c1csc(-c2ccccc2F)n1. The van der Waals surface area contributed by atoms with Crippen molar-refractivity contribution in [3.8, 4) is 21.8 Å². The summed E-state index contributed by atoms with van der Waals surface area (Å²) < 4.78 is 19.2. The Bertz CT molecular complexity index is 1160. The van der Waals surface area contributed by atoms with Gasteiger partial charge in [0.1, 0.15) is 16.6 Å². The highest BCUT2D eigenvalue weighted by Crippen LogP contribution is 2.33. The van der Waals surface area contributed by atoms with Crippen molar-refractivity contribution >= 4 is 22.9 Å². The van der Waals surface area contributed by atoms with Crippen LogP contribution in [0.2, 0.25) is 0 Å². The average Bonchev–Trinajstić information content (AvgIpc) is 3.31. The van der Waals surface area contributed by atoms with Crippen LogP contribution < -0.4 is 5.32 Å². The maximum Gasteiger partial charge on any atom is 0.229 e. The summed E-state index contributed by atoms with van der Waals surface area (Å²) in [5, 5.41) is 9.28. The lowest BCUT2D eigenvalue weighted by atomic mass is 10.1. The largest absolute Gasteiger partial charge is 0.361 e. The number of halogens is 1. The number of hydrogen-bond donors (Lipinski definition) is 1. The first-order valence-corrected chi connectivity index (χ1v) is 9.92. The number of benzene rings is 2. The van der Waals surface area contributed by atoms with E-state index in [1.54, 1.807) is 25.1 Å². The number of aryl methyl sites for hydroxylation is 2. The first-order chi connectivity index (χ1) is 14.0. The molecule has 0 fully saturated rings. The van der Waals surface area contributed by atoms with E-state index in [2.05, 4.69) is 15.5 Å². The smallest absolute Gasteiger partial charge is 0.229 e. The number of hydrogen-bond acceptors (Lipinski definition) is 5. The highest BCUT2D eigenvalue weighted by molar-refractivity contribution is 7.13. The summed E-state index contributed by atoms with van der Waals surface area (Å²) >= 11 is 1.36. The maximum atomic E-state index is 14.1. The highest BCUT2D eigenvalue weighted by Gasteiger charge is 2.16. The lowest BCUT2D eigenvalue weighted by Gasteiger charge is -2.09. The molecule has 0 radical (unpaired) electrons. The lowest BCUT2D eigenvalue weighted by Crippen LogP contribution is -2.15. The van der Waals surface area contributed by atoms with Gasteiger partial charge in [0.15, 0.2) is 0 Å². The fraction of sp³-hybridized carbons (Fsp3) is 0.136. The number of nitrogens with one attached hydrogen (secondary N) is 1. The van der Waals surface area contributed by atoms with Gasteiger partial charge in [0, 0.05) is 22.1 Å². The van der Waals surface area contributed by atoms with Gasteiger partial charge < -0.3 is 9.84 Å². The van der Waals surface area contributed by atoms with E-state index in [-0.39, 0.29) is 18.1 Å². The van der Waals surface area contributed by atoms with Crippen molar-refractivity contribution < 1.29 is 13.7 Å². The molecule has 2 aromatic carbocycles. The van der Waals surface area contributed by atoms with Gasteiger partial charge in [0.25, 0.3) is 0 Å². The summed E-state index contributed by atoms with van der Waals surface area (Å²) in [7, 11) is 0. The van der Waals surface area contributed by atoms with Crippen LogP contribution >= 0.6 is 11.3 Å². The number of carbonyl (C=O) groups excluding carboxylic acids is 1. The summed E-state index contributed by atoms with van der Waals surface area (Å²) in [5.41, 5.74) is 4.06. The Labute approximate surface area is 171 Å². The zero-order valence-corrected chi connectivity index (χ0v) is 16.7. The minimum Gasteiger partial charge on any atom is -0.361 e. The van der Waals surface area contributed by atoms with Crippen molar-refractivity contribution in [2.75, 3.05) is 5.32 Å². The van der Waals surface area contributed by atoms with Gasteiger partial charge >= 0.3 is 0 Å². The fourth-order valence-electron chi connectivity index (χ4n) is 3.08. The van der Waals surface area contributed by atoms with E-state index in [1.807, 2.05) is 36.6 Å². The monoisotopic (exact) mass is 407 g/mol. The molecule has 7 heteroatoms. The molecule has 4 aromatic rings. The van der Waals surface area contributed by atoms with E-state index < -0.39 is 0 Å². The highest BCUT2D eigenvalue weighted by atomic mass is 32.1. The van der Waals surface area contributed by atoms with Crippen LogP contribution in [0.15, 0.2) is 58.4 Å². The van der Waals surface area contributed by atoms with Crippen LogP contribution in [0, 0.1) is 19.7 Å². The molecule has 0 unspecified atom stereocenters. The number of nitrogens with zero attached hydrogens (tertiary/aromatic N) is 2. The van der Waals surface area contributed by atoms with Crippen molar-refractivity contribution in [2.45, 2.75) is 20.3 Å². The van der Waals surface area contributed by atoms with Crippen LogP contribution in [0.1, 0.15) is 17.0 Å². The molecular weight excluding hydrogens is 389 g/mol. The second-order valence-corrected chi connectivity index (χ2v) is 7.45. The van der Waals surface area contributed by atoms with E-state index >= 15 is 0 Å². The number of rotatable bonds is 5. The number of anilines is 1. The lowest BCUT2D eigenvalue weighted by molar-refractivity contribution is -0.115. The van der Waals surface area contributed by atoms with E-state index in [4.69, 9.17) is 4.52 Å². The molecule has 1 amide bonds. The summed E-state index contributed by atoms with van der Waals surface area (Å²) in [6.45, 7) is 3.60. The topological polar surface area (TPSA) is 68.0 Å². The Morgan fingerprint density at radius 1 is 1.10 bits per heavy atom. The van der Waals surface area contributed by atoms with Crippen molar-refractivity contribution in [2.24, 2.45) is 0 Å². The molecular formula is C22H18FN3O2S. The number of para-hydroxylation sites is 1. The number of thiazole rings is 1. The Kier molecular flexibility index (Phi) is 5.22. The number of carbonyl (C=O) groups is 1. The molecule has 0 saturated heterocycles. The van der Waals surface area contributed by atoms with Crippen LogP contribution in [0.4, 0.5) is 10.1 Å². The standard InChI is InChI=1S/C22H18FN3O2S/c1-13-17(14(2)28-26-13)11-21(27)24-19-10-6-4-8-16(19)20-12-29-22(25-20)15-7-3-5-9-18(15)23/h3-10,12H,11H2,1-2H3,(H,24,27). The molecule has 0 atom stereocenters. The van der Waals surface area contributed by atoms with E-state index in [0.717, 1.165) is 11.1 Å². The normalized spacial score (nSPS) is 10.9. The average molecular weight is 407 g/mol. The quantitative estimate of drug-likeness (QED) is 0.481. The molecule has 0 aliphatic rings. The summed E-state index contributed by atoms with van der Waals surface area (Å²) in [6, 6.07) is 14.0. The van der Waals surface area contributed by atoms with E-state index in [0.29, 0.717) is 33.4 Å². The molecule has 0 saturated carbocycles. The van der Waals surface area contributed by atoms with Crippen molar-refractivity contribution in [3.63, 3.8) is 0 Å².